The molecule has 1 aliphatic heterocycles. The second-order valence-corrected chi connectivity index (χ2v) is 5.15. The number of rotatable bonds is 5. The molecule has 1 aliphatic rings. The van der Waals surface area contributed by atoms with Crippen LogP contribution < -0.4 is 21.1 Å². The maximum absolute atomic E-state index is 11.1. The van der Waals surface area contributed by atoms with Crippen LogP contribution in [-0.2, 0) is 4.79 Å². The van der Waals surface area contributed by atoms with Crippen LogP contribution in [0.2, 0.25) is 0 Å². The molecule has 6 nitrogen and oxygen atoms in total. The molecule has 0 radical (unpaired) electrons. The largest absolute Gasteiger partial charge is 0.476 e. The summed E-state index contributed by atoms with van der Waals surface area (Å²) in [6, 6.07) is 3.62. The fourth-order valence-electron chi connectivity index (χ4n) is 1.81. The molecule has 0 saturated carbocycles. The second kappa shape index (κ2) is 5.77. The summed E-state index contributed by atoms with van der Waals surface area (Å²) < 4.78 is 5.57. The molecule has 1 unspecified atom stereocenters. The molecule has 19 heavy (non-hydrogen) atoms. The lowest BCUT2D eigenvalue weighted by atomic mass is 10.2. The Morgan fingerprint density at radius 1 is 1.58 bits per heavy atom. The monoisotopic (exact) mass is 264 g/mol. The quantitative estimate of drug-likeness (QED) is 0.738. The van der Waals surface area contributed by atoms with Crippen molar-refractivity contribution >= 4 is 17.4 Å². The van der Waals surface area contributed by atoms with E-state index < -0.39 is 0 Å². The summed E-state index contributed by atoms with van der Waals surface area (Å²) in [7, 11) is 0. The molecule has 1 aromatic heterocycles. The van der Waals surface area contributed by atoms with Gasteiger partial charge < -0.3 is 21.1 Å². The zero-order valence-electron chi connectivity index (χ0n) is 11.3. The number of nitrogens with two attached hydrogens (primary N) is 1. The van der Waals surface area contributed by atoms with Gasteiger partial charge in [0.05, 0.1) is 18.3 Å². The molecular formula is C13H20N4O2. The van der Waals surface area contributed by atoms with E-state index in [2.05, 4.69) is 29.5 Å². The lowest BCUT2D eigenvalue weighted by Crippen LogP contribution is -2.23. The van der Waals surface area contributed by atoms with Gasteiger partial charge in [-0.05, 0) is 18.1 Å². The molecule has 4 N–H and O–H groups in total. The maximum Gasteiger partial charge on any atom is 0.239 e. The number of nitrogens with one attached hydrogen (secondary N) is 2. The first kappa shape index (κ1) is 13.5. The van der Waals surface area contributed by atoms with Crippen LogP contribution in [0.4, 0.5) is 11.5 Å². The van der Waals surface area contributed by atoms with Gasteiger partial charge in [-0.2, -0.15) is 4.98 Å². The maximum atomic E-state index is 11.1. The number of hydrogen-bond donors (Lipinski definition) is 3. The van der Waals surface area contributed by atoms with Crippen LogP contribution in [0.15, 0.2) is 12.1 Å². The van der Waals surface area contributed by atoms with Gasteiger partial charge in [0.2, 0.25) is 11.8 Å². The van der Waals surface area contributed by atoms with Gasteiger partial charge in [0.15, 0.2) is 0 Å². The molecule has 1 aromatic rings. The third-order valence-electron chi connectivity index (χ3n) is 2.77. The van der Waals surface area contributed by atoms with Crippen LogP contribution in [0.5, 0.6) is 5.88 Å². The highest BCUT2D eigenvalue weighted by molar-refractivity contribution is 5.79. The average molecular weight is 264 g/mol. The number of anilines is 2. The molecule has 1 saturated heterocycles. The zero-order valence-corrected chi connectivity index (χ0v) is 11.3. The summed E-state index contributed by atoms with van der Waals surface area (Å²) in [6.07, 6.45) is 0.467. The van der Waals surface area contributed by atoms with Gasteiger partial charge in [-0.1, -0.05) is 13.8 Å². The summed E-state index contributed by atoms with van der Waals surface area (Å²) >= 11 is 0. The number of carbonyl (C=O) groups is 1. The summed E-state index contributed by atoms with van der Waals surface area (Å²) in [5, 5.41) is 5.97. The lowest BCUT2D eigenvalue weighted by molar-refractivity contribution is -0.119. The Kier molecular flexibility index (Phi) is 4.09. The van der Waals surface area contributed by atoms with Gasteiger partial charge in [-0.15, -0.1) is 0 Å². The van der Waals surface area contributed by atoms with Gasteiger partial charge in [-0.25, -0.2) is 0 Å². The van der Waals surface area contributed by atoms with Crippen molar-refractivity contribution in [1.82, 2.24) is 10.3 Å². The van der Waals surface area contributed by atoms with Gasteiger partial charge in [0, 0.05) is 13.0 Å². The normalized spacial score (nSPS) is 18.5. The average Bonchev–Trinajstić information content (AvgIpc) is 2.75. The Morgan fingerprint density at radius 2 is 2.37 bits per heavy atom. The highest BCUT2D eigenvalue weighted by Crippen LogP contribution is 2.22. The first-order valence-corrected chi connectivity index (χ1v) is 6.47. The summed E-state index contributed by atoms with van der Waals surface area (Å²) in [5.41, 5.74) is 6.34. The predicted octanol–water partition coefficient (Wildman–Crippen LogP) is 0.999. The van der Waals surface area contributed by atoms with Crippen LogP contribution in [0, 0.1) is 5.92 Å². The van der Waals surface area contributed by atoms with Crippen LogP contribution >= 0.6 is 0 Å². The van der Waals surface area contributed by atoms with Crippen LogP contribution in [0.3, 0.4) is 0 Å². The van der Waals surface area contributed by atoms with Crippen molar-refractivity contribution in [1.29, 1.82) is 0 Å². The minimum Gasteiger partial charge on any atom is -0.476 e. The number of carbonyl (C=O) groups excluding carboxylic acids is 1. The number of nitrogen functional groups attached to an aromatic ring is 1. The van der Waals surface area contributed by atoms with E-state index in [0.29, 0.717) is 42.9 Å². The molecule has 2 heterocycles. The number of hydrogen-bond acceptors (Lipinski definition) is 5. The van der Waals surface area contributed by atoms with Crippen molar-refractivity contribution in [3.63, 3.8) is 0 Å². The van der Waals surface area contributed by atoms with Crippen molar-refractivity contribution in [2.24, 2.45) is 5.92 Å². The highest BCUT2D eigenvalue weighted by Gasteiger charge is 2.21. The zero-order chi connectivity index (χ0) is 13.8. The molecule has 1 fully saturated rings. The molecule has 6 heteroatoms. The minimum atomic E-state index is 0.0595. The molecule has 1 atom stereocenters. The molecule has 1 amide bonds. The van der Waals surface area contributed by atoms with E-state index >= 15 is 0 Å². The van der Waals surface area contributed by atoms with E-state index in [9.17, 15) is 4.79 Å². The Morgan fingerprint density at radius 3 is 3.00 bits per heavy atom. The van der Waals surface area contributed by atoms with E-state index in [1.807, 2.05) is 0 Å². The molecule has 0 bridgehead atoms. The fraction of sp³-hybridized carbons (Fsp3) is 0.538. The van der Waals surface area contributed by atoms with Crippen molar-refractivity contribution in [3.05, 3.63) is 12.1 Å². The van der Waals surface area contributed by atoms with E-state index in [4.69, 9.17) is 10.5 Å². The van der Waals surface area contributed by atoms with Crippen molar-refractivity contribution in [2.75, 3.05) is 24.2 Å². The first-order chi connectivity index (χ1) is 9.04. The summed E-state index contributed by atoms with van der Waals surface area (Å²) in [5.74, 6) is 1.59. The van der Waals surface area contributed by atoms with E-state index in [0.717, 1.165) is 0 Å². The van der Waals surface area contributed by atoms with Gasteiger partial charge >= 0.3 is 0 Å². The predicted molar refractivity (Wildman–Crippen MR) is 74.0 cm³/mol. The topological polar surface area (TPSA) is 89.3 Å². The van der Waals surface area contributed by atoms with Gasteiger partial charge in [0.25, 0.3) is 0 Å². The molecule has 0 spiro atoms. The Labute approximate surface area is 112 Å². The van der Waals surface area contributed by atoms with Crippen molar-refractivity contribution < 1.29 is 9.53 Å². The lowest BCUT2D eigenvalue weighted by Gasteiger charge is -2.14. The Bertz CT molecular complexity index is 462. The molecular weight excluding hydrogens is 244 g/mol. The highest BCUT2D eigenvalue weighted by atomic mass is 16.5. The van der Waals surface area contributed by atoms with Crippen LogP contribution in [0.1, 0.15) is 20.3 Å². The Balaban J connectivity index is 2.01. The number of aromatic nitrogens is 1. The van der Waals surface area contributed by atoms with Gasteiger partial charge in [0.1, 0.15) is 5.82 Å². The minimum absolute atomic E-state index is 0.0595. The molecule has 0 aromatic carbocycles. The fourth-order valence-corrected chi connectivity index (χ4v) is 1.81. The van der Waals surface area contributed by atoms with E-state index in [1.54, 1.807) is 12.1 Å². The third kappa shape index (κ3) is 3.74. The summed E-state index contributed by atoms with van der Waals surface area (Å²) in [4.78, 5) is 15.5. The first-order valence-electron chi connectivity index (χ1n) is 6.47. The number of ether oxygens (including phenoxy) is 1. The smallest absolute Gasteiger partial charge is 0.239 e. The third-order valence-corrected chi connectivity index (χ3v) is 2.77. The molecule has 2 rings (SSSR count). The van der Waals surface area contributed by atoms with E-state index in [-0.39, 0.29) is 11.9 Å². The molecule has 104 valence electrons. The second-order valence-electron chi connectivity index (χ2n) is 5.15. The summed E-state index contributed by atoms with van der Waals surface area (Å²) in [6.45, 7) is 5.32. The van der Waals surface area contributed by atoms with Crippen LogP contribution in [-0.4, -0.2) is 30.1 Å². The Hall–Kier alpha value is -1.98. The van der Waals surface area contributed by atoms with E-state index in [1.165, 1.54) is 0 Å². The number of pyridine rings is 1. The SMILES string of the molecule is CC(C)COc1nc(NC2CNC(=O)C2)ccc1N. The standard InChI is InChI=1S/C13H20N4O2/c1-8(2)7-19-13-10(14)3-4-11(17-13)16-9-5-12(18)15-6-9/h3-4,8-9H,5-7,14H2,1-2H3,(H,15,18)(H,16,17). The van der Waals surface area contributed by atoms with Crippen LogP contribution in [0.25, 0.3) is 0 Å². The van der Waals surface area contributed by atoms with Gasteiger partial charge in [-0.3, -0.25) is 4.79 Å². The van der Waals surface area contributed by atoms with Crippen molar-refractivity contribution in [3.8, 4) is 5.88 Å². The molecule has 0 aliphatic carbocycles. The number of nitrogens with zero attached hydrogens (tertiary/aromatic N) is 1. The number of amides is 1. The van der Waals surface area contributed by atoms with Crippen molar-refractivity contribution in [2.45, 2.75) is 26.3 Å².